The first-order chi connectivity index (χ1) is 12.1. The summed E-state index contributed by atoms with van der Waals surface area (Å²) in [7, 11) is 1.91. The van der Waals surface area contributed by atoms with E-state index in [-0.39, 0.29) is 19.1 Å². The first-order valence-corrected chi connectivity index (χ1v) is 8.02. The second kappa shape index (κ2) is 9.44. The van der Waals surface area contributed by atoms with Gasteiger partial charge in [0.25, 0.3) is 5.91 Å². The van der Waals surface area contributed by atoms with E-state index in [0.29, 0.717) is 12.3 Å². The van der Waals surface area contributed by atoms with Gasteiger partial charge in [-0.25, -0.2) is 5.43 Å². The lowest BCUT2D eigenvalue weighted by atomic mass is 10.2. The Morgan fingerprint density at radius 3 is 2.72 bits per heavy atom. The number of rotatable bonds is 8. The summed E-state index contributed by atoms with van der Waals surface area (Å²) in [6.45, 7) is 2.55. The van der Waals surface area contributed by atoms with Gasteiger partial charge in [0.2, 0.25) is 0 Å². The predicted molar refractivity (Wildman–Crippen MR) is 99.2 cm³/mol. The van der Waals surface area contributed by atoms with Crippen LogP contribution in [-0.4, -0.2) is 44.0 Å². The summed E-state index contributed by atoms with van der Waals surface area (Å²) < 4.78 is 5.40. The molecule has 6 nitrogen and oxygen atoms in total. The average Bonchev–Trinajstić information content (AvgIpc) is 2.61. The van der Waals surface area contributed by atoms with Gasteiger partial charge in [-0.2, -0.15) is 5.10 Å². The van der Waals surface area contributed by atoms with E-state index in [4.69, 9.17) is 9.84 Å². The van der Waals surface area contributed by atoms with E-state index in [9.17, 15) is 4.79 Å². The summed E-state index contributed by atoms with van der Waals surface area (Å²) in [5.74, 6) is 0.332. The molecule has 0 aromatic heterocycles. The molecule has 25 heavy (non-hydrogen) atoms. The number of benzene rings is 2. The third kappa shape index (κ3) is 6.27. The molecule has 0 atom stereocenters. The molecule has 0 unspecified atom stereocenters. The Morgan fingerprint density at radius 1 is 1.28 bits per heavy atom. The van der Waals surface area contributed by atoms with Gasteiger partial charge in [-0.05, 0) is 42.3 Å². The first-order valence-electron chi connectivity index (χ1n) is 8.02. The van der Waals surface area contributed by atoms with Crippen molar-refractivity contribution in [2.75, 3.05) is 31.7 Å². The fraction of sp³-hybridized carbons (Fsp3) is 0.263. The highest BCUT2D eigenvalue weighted by Crippen LogP contribution is 2.13. The molecule has 0 bridgehead atoms. The van der Waals surface area contributed by atoms with E-state index in [0.717, 1.165) is 16.8 Å². The van der Waals surface area contributed by atoms with Crippen LogP contribution in [0.2, 0.25) is 0 Å². The number of aryl methyl sites for hydroxylation is 1. The van der Waals surface area contributed by atoms with Crippen LogP contribution in [0.15, 0.2) is 53.6 Å². The van der Waals surface area contributed by atoms with Crippen LogP contribution in [0.5, 0.6) is 5.75 Å². The Kier molecular flexibility index (Phi) is 6.98. The van der Waals surface area contributed by atoms with E-state index in [1.165, 1.54) is 0 Å². The quantitative estimate of drug-likeness (QED) is 0.568. The van der Waals surface area contributed by atoms with Gasteiger partial charge < -0.3 is 14.7 Å². The van der Waals surface area contributed by atoms with Crippen molar-refractivity contribution >= 4 is 17.8 Å². The Hall–Kier alpha value is -2.86. The van der Waals surface area contributed by atoms with Gasteiger partial charge in [-0.1, -0.05) is 24.3 Å². The van der Waals surface area contributed by atoms with E-state index < -0.39 is 0 Å². The number of anilines is 1. The van der Waals surface area contributed by atoms with Crippen molar-refractivity contribution < 1.29 is 14.6 Å². The Bertz CT molecular complexity index is 714. The summed E-state index contributed by atoms with van der Waals surface area (Å²) in [6.07, 6.45) is 1.57. The van der Waals surface area contributed by atoms with Gasteiger partial charge in [-0.15, -0.1) is 0 Å². The minimum atomic E-state index is -0.322. The minimum absolute atomic E-state index is 0.0916. The van der Waals surface area contributed by atoms with Gasteiger partial charge in [-0.3, -0.25) is 4.79 Å². The number of nitrogens with one attached hydrogen (secondary N) is 1. The fourth-order valence-electron chi connectivity index (χ4n) is 2.16. The molecule has 0 aliphatic carbocycles. The van der Waals surface area contributed by atoms with Crippen LogP contribution in [0.1, 0.15) is 11.1 Å². The number of hydrogen-bond acceptors (Lipinski definition) is 5. The molecule has 0 spiro atoms. The fourth-order valence-corrected chi connectivity index (χ4v) is 2.16. The monoisotopic (exact) mass is 341 g/mol. The number of nitrogens with zero attached hydrogens (tertiary/aromatic N) is 2. The number of aliphatic hydroxyl groups excluding tert-OH is 1. The lowest BCUT2D eigenvalue weighted by Crippen LogP contribution is -2.24. The maximum atomic E-state index is 11.7. The van der Waals surface area contributed by atoms with Crippen molar-refractivity contribution in [2.24, 2.45) is 5.10 Å². The summed E-state index contributed by atoms with van der Waals surface area (Å²) in [5.41, 5.74) is 5.37. The van der Waals surface area contributed by atoms with Gasteiger partial charge in [0.05, 0.1) is 12.8 Å². The highest BCUT2D eigenvalue weighted by atomic mass is 16.5. The second-order valence-corrected chi connectivity index (χ2v) is 5.64. The Morgan fingerprint density at radius 2 is 2.04 bits per heavy atom. The molecule has 2 N–H and O–H groups in total. The summed E-state index contributed by atoms with van der Waals surface area (Å²) >= 11 is 0. The highest BCUT2D eigenvalue weighted by Gasteiger charge is 2.02. The topological polar surface area (TPSA) is 74.2 Å². The summed E-state index contributed by atoms with van der Waals surface area (Å²) in [5, 5.41) is 12.9. The molecule has 2 aromatic carbocycles. The number of hydrazone groups is 1. The van der Waals surface area contributed by atoms with Gasteiger partial charge in [0, 0.05) is 19.3 Å². The second-order valence-electron chi connectivity index (χ2n) is 5.64. The van der Waals surface area contributed by atoms with Crippen molar-refractivity contribution in [3.05, 3.63) is 59.7 Å². The summed E-state index contributed by atoms with van der Waals surface area (Å²) in [6, 6.07) is 15.2. The molecule has 0 aliphatic heterocycles. The Labute approximate surface area is 147 Å². The molecular weight excluding hydrogens is 318 g/mol. The zero-order valence-corrected chi connectivity index (χ0v) is 14.5. The maximum absolute atomic E-state index is 11.7. The van der Waals surface area contributed by atoms with E-state index in [1.54, 1.807) is 12.3 Å². The molecule has 2 aromatic rings. The van der Waals surface area contributed by atoms with E-state index >= 15 is 0 Å². The zero-order chi connectivity index (χ0) is 18.1. The SMILES string of the molecule is Cc1cccc(OCC(=O)N/N=C\c2ccc(N(C)CCO)cc2)c1. The normalized spacial score (nSPS) is 10.7. The molecule has 0 radical (unpaired) electrons. The van der Waals surface area contributed by atoms with Crippen LogP contribution in [0.25, 0.3) is 0 Å². The number of hydrogen-bond donors (Lipinski definition) is 2. The van der Waals surface area contributed by atoms with Gasteiger partial charge in [0.1, 0.15) is 5.75 Å². The highest BCUT2D eigenvalue weighted by molar-refractivity contribution is 5.83. The maximum Gasteiger partial charge on any atom is 0.277 e. The lowest BCUT2D eigenvalue weighted by Gasteiger charge is -2.17. The average molecular weight is 341 g/mol. The number of likely N-dealkylation sites (N-methyl/N-ethyl adjacent to an activating group) is 1. The van der Waals surface area contributed by atoms with Crippen LogP contribution >= 0.6 is 0 Å². The molecule has 1 amide bonds. The Balaban J connectivity index is 1.79. The third-order valence-electron chi connectivity index (χ3n) is 3.53. The zero-order valence-electron chi connectivity index (χ0n) is 14.5. The van der Waals surface area contributed by atoms with Crippen LogP contribution in [0, 0.1) is 6.92 Å². The molecule has 0 fully saturated rings. The van der Waals surface area contributed by atoms with Crippen LogP contribution in [0.4, 0.5) is 5.69 Å². The number of carbonyl (C=O) groups excluding carboxylic acids is 1. The van der Waals surface area contributed by atoms with Crippen molar-refractivity contribution in [3.63, 3.8) is 0 Å². The largest absolute Gasteiger partial charge is 0.484 e. The molecule has 0 aliphatic rings. The smallest absolute Gasteiger partial charge is 0.277 e. The standard InChI is InChI=1S/C19H23N3O3/c1-15-4-3-5-18(12-15)25-14-19(24)21-20-13-16-6-8-17(9-7-16)22(2)10-11-23/h3-9,12-13,23H,10-11,14H2,1-2H3,(H,21,24)/b20-13-. The third-order valence-corrected chi connectivity index (χ3v) is 3.53. The number of carbonyl (C=O) groups is 1. The molecule has 6 heteroatoms. The van der Waals surface area contributed by atoms with E-state index in [1.807, 2.05) is 61.3 Å². The lowest BCUT2D eigenvalue weighted by molar-refractivity contribution is -0.123. The first kappa shape index (κ1) is 18.5. The number of aliphatic hydroxyl groups is 1. The van der Waals surface area contributed by atoms with Gasteiger partial charge in [0.15, 0.2) is 6.61 Å². The van der Waals surface area contributed by atoms with Crippen molar-refractivity contribution in [3.8, 4) is 5.75 Å². The molecular formula is C19H23N3O3. The molecule has 2 rings (SSSR count). The molecule has 0 heterocycles. The summed E-state index contributed by atoms with van der Waals surface area (Å²) in [4.78, 5) is 13.7. The minimum Gasteiger partial charge on any atom is -0.484 e. The van der Waals surface area contributed by atoms with E-state index in [2.05, 4.69) is 10.5 Å². The molecule has 0 saturated heterocycles. The van der Waals surface area contributed by atoms with Crippen molar-refractivity contribution in [1.82, 2.24) is 5.43 Å². The van der Waals surface area contributed by atoms with Crippen LogP contribution in [-0.2, 0) is 4.79 Å². The molecule has 0 saturated carbocycles. The van der Waals surface area contributed by atoms with Crippen molar-refractivity contribution in [1.29, 1.82) is 0 Å². The number of ether oxygens (including phenoxy) is 1. The number of amides is 1. The van der Waals surface area contributed by atoms with Crippen molar-refractivity contribution in [2.45, 2.75) is 6.92 Å². The predicted octanol–water partition coefficient (Wildman–Crippen LogP) is 1.95. The van der Waals surface area contributed by atoms with Crippen LogP contribution < -0.4 is 15.1 Å². The van der Waals surface area contributed by atoms with Gasteiger partial charge >= 0.3 is 0 Å². The molecule has 132 valence electrons. The van der Waals surface area contributed by atoms with Crippen LogP contribution in [0.3, 0.4) is 0 Å².